The van der Waals surface area contributed by atoms with Crippen molar-refractivity contribution in [3.63, 3.8) is 0 Å². The van der Waals surface area contributed by atoms with Crippen LogP contribution in [0.15, 0.2) is 58.2 Å². The van der Waals surface area contributed by atoms with E-state index in [-0.39, 0.29) is 0 Å². The van der Waals surface area contributed by atoms with Gasteiger partial charge in [-0.15, -0.1) is 0 Å². The van der Waals surface area contributed by atoms with Crippen molar-refractivity contribution in [3.8, 4) is 0 Å². The predicted octanol–water partition coefficient (Wildman–Crippen LogP) is 8.14. The van der Waals surface area contributed by atoms with E-state index in [0.717, 1.165) is 0 Å². The Morgan fingerprint density at radius 1 is 0.517 bits per heavy atom. The van der Waals surface area contributed by atoms with Crippen LogP contribution in [-0.2, 0) is 0 Å². The highest BCUT2D eigenvalue weighted by molar-refractivity contribution is 5.91. The first-order valence-corrected chi connectivity index (χ1v) is 10.9. The van der Waals surface area contributed by atoms with Crippen LogP contribution in [0.25, 0.3) is 5.57 Å². The predicted molar refractivity (Wildman–Crippen MR) is 127 cm³/mol. The normalized spacial score (nSPS) is 19.7. The zero-order valence-electron chi connectivity index (χ0n) is 19.5. The van der Waals surface area contributed by atoms with Gasteiger partial charge in [0.05, 0.1) is 0 Å². The molecule has 1 unspecified atom stereocenters. The summed E-state index contributed by atoms with van der Waals surface area (Å²) in [5, 5.41) is 0. The fourth-order valence-corrected chi connectivity index (χ4v) is 5.90. The third-order valence-corrected chi connectivity index (χ3v) is 8.23. The van der Waals surface area contributed by atoms with Gasteiger partial charge >= 0.3 is 0 Å². The van der Waals surface area contributed by atoms with Crippen molar-refractivity contribution in [2.24, 2.45) is 5.92 Å². The van der Waals surface area contributed by atoms with Gasteiger partial charge in [0.25, 0.3) is 0 Å². The molecule has 0 N–H and O–H groups in total. The van der Waals surface area contributed by atoms with Crippen molar-refractivity contribution < 1.29 is 0 Å². The Hall–Kier alpha value is -2.34. The van der Waals surface area contributed by atoms with Crippen molar-refractivity contribution in [1.29, 1.82) is 0 Å². The maximum Gasteiger partial charge on any atom is 0.0167 e. The summed E-state index contributed by atoms with van der Waals surface area (Å²) in [5.41, 5.74) is 19.4. The highest BCUT2D eigenvalue weighted by Gasteiger charge is 2.41. The Morgan fingerprint density at radius 2 is 1.03 bits per heavy atom. The average Bonchev–Trinajstić information content (AvgIpc) is 3.11. The van der Waals surface area contributed by atoms with E-state index in [4.69, 9.17) is 0 Å². The van der Waals surface area contributed by atoms with Crippen LogP contribution in [0.2, 0.25) is 0 Å². The van der Waals surface area contributed by atoms with Crippen LogP contribution in [0.3, 0.4) is 0 Å². The minimum absolute atomic E-state index is 0.436. The summed E-state index contributed by atoms with van der Waals surface area (Å²) >= 11 is 0. The molecule has 1 atom stereocenters. The standard InChI is InChI=1S/C29H34/c1-15-16(2)20(6)25(19(15)5)29-23(9)26(24-13-11-10-12-14-24)27-21(7)17(3)18(4)22(8)28(27)29/h10-14,25,29H,1-9H3. The molecule has 0 aromatic heterocycles. The minimum Gasteiger partial charge on any atom is -0.0622 e. The van der Waals surface area contributed by atoms with Gasteiger partial charge in [0.2, 0.25) is 0 Å². The van der Waals surface area contributed by atoms with Crippen LogP contribution in [-0.4, -0.2) is 0 Å². The van der Waals surface area contributed by atoms with Gasteiger partial charge in [0.15, 0.2) is 0 Å². The van der Waals surface area contributed by atoms with Gasteiger partial charge < -0.3 is 0 Å². The molecule has 0 radical (unpaired) electrons. The summed E-state index contributed by atoms with van der Waals surface area (Å²) in [6.45, 7) is 21.0. The van der Waals surface area contributed by atoms with Crippen molar-refractivity contribution in [1.82, 2.24) is 0 Å². The van der Waals surface area contributed by atoms with Gasteiger partial charge in [-0.05, 0) is 118 Å². The van der Waals surface area contributed by atoms with Crippen molar-refractivity contribution in [2.75, 3.05) is 0 Å². The first-order chi connectivity index (χ1) is 13.7. The first-order valence-electron chi connectivity index (χ1n) is 10.9. The van der Waals surface area contributed by atoms with Gasteiger partial charge in [0, 0.05) is 11.8 Å². The summed E-state index contributed by atoms with van der Waals surface area (Å²) in [7, 11) is 0. The van der Waals surface area contributed by atoms with Gasteiger partial charge in [0.1, 0.15) is 0 Å². The van der Waals surface area contributed by atoms with E-state index in [2.05, 4.69) is 92.6 Å². The first kappa shape index (κ1) is 20.0. The Balaban J connectivity index is 2.09. The molecule has 4 rings (SSSR count). The summed E-state index contributed by atoms with van der Waals surface area (Å²) < 4.78 is 0. The SMILES string of the molecule is CC1=C(C)C(C2C(C)=C(c3ccccc3)c3c(C)c(C)c(C)c(C)c32)C(C)=C1C. The van der Waals surface area contributed by atoms with Crippen LogP contribution >= 0.6 is 0 Å². The number of benzene rings is 2. The summed E-state index contributed by atoms with van der Waals surface area (Å²) in [6.07, 6.45) is 0. The van der Waals surface area contributed by atoms with Gasteiger partial charge in [-0.3, -0.25) is 0 Å². The van der Waals surface area contributed by atoms with E-state index in [0.29, 0.717) is 11.8 Å². The number of allylic oxidation sites excluding steroid dienone is 5. The lowest BCUT2D eigenvalue weighted by molar-refractivity contribution is 0.619. The molecule has 2 aromatic carbocycles. The summed E-state index contributed by atoms with van der Waals surface area (Å²) in [5.74, 6) is 0.917. The van der Waals surface area contributed by atoms with Crippen molar-refractivity contribution in [3.05, 3.63) is 97.1 Å². The van der Waals surface area contributed by atoms with E-state index in [1.807, 2.05) is 0 Å². The second-order valence-corrected chi connectivity index (χ2v) is 9.28. The van der Waals surface area contributed by atoms with E-state index in [1.54, 1.807) is 16.7 Å². The molecule has 2 aliphatic rings. The molecule has 2 aromatic rings. The number of fused-ring (bicyclic) bond motifs is 1. The number of rotatable bonds is 2. The molecule has 0 nitrogen and oxygen atoms in total. The summed E-state index contributed by atoms with van der Waals surface area (Å²) in [4.78, 5) is 0. The van der Waals surface area contributed by atoms with E-state index in [1.165, 1.54) is 55.7 Å². The van der Waals surface area contributed by atoms with Gasteiger partial charge in [-0.1, -0.05) is 47.1 Å². The minimum atomic E-state index is 0.436. The Bertz CT molecular complexity index is 1090. The highest BCUT2D eigenvalue weighted by atomic mass is 14.4. The highest BCUT2D eigenvalue weighted by Crippen LogP contribution is 2.56. The lowest BCUT2D eigenvalue weighted by Crippen LogP contribution is -2.16. The maximum absolute atomic E-state index is 2.39. The van der Waals surface area contributed by atoms with E-state index >= 15 is 0 Å². The Morgan fingerprint density at radius 3 is 1.59 bits per heavy atom. The van der Waals surface area contributed by atoms with Crippen molar-refractivity contribution >= 4 is 5.57 Å². The summed E-state index contributed by atoms with van der Waals surface area (Å²) in [6, 6.07) is 11.0. The number of hydrogen-bond acceptors (Lipinski definition) is 0. The fraction of sp³-hybridized carbons (Fsp3) is 0.379. The van der Waals surface area contributed by atoms with E-state index < -0.39 is 0 Å². The maximum atomic E-state index is 2.39. The molecule has 0 fully saturated rings. The molecule has 29 heavy (non-hydrogen) atoms. The van der Waals surface area contributed by atoms with Crippen LogP contribution in [0.1, 0.15) is 79.5 Å². The van der Waals surface area contributed by atoms with Crippen LogP contribution in [0, 0.1) is 33.6 Å². The third-order valence-electron chi connectivity index (χ3n) is 8.23. The quantitative estimate of drug-likeness (QED) is 0.491. The van der Waals surface area contributed by atoms with Crippen LogP contribution in [0.5, 0.6) is 0 Å². The van der Waals surface area contributed by atoms with Crippen LogP contribution < -0.4 is 0 Å². The largest absolute Gasteiger partial charge is 0.0622 e. The Kier molecular flexibility index (Phi) is 4.73. The molecule has 0 bridgehead atoms. The zero-order valence-corrected chi connectivity index (χ0v) is 19.5. The third kappa shape index (κ3) is 2.65. The average molecular weight is 383 g/mol. The zero-order chi connectivity index (χ0) is 21.2. The number of hydrogen-bond donors (Lipinski definition) is 0. The monoisotopic (exact) mass is 382 g/mol. The molecule has 0 amide bonds. The fourth-order valence-electron chi connectivity index (χ4n) is 5.90. The van der Waals surface area contributed by atoms with Crippen molar-refractivity contribution in [2.45, 2.75) is 68.2 Å². The van der Waals surface area contributed by atoms with E-state index in [9.17, 15) is 0 Å². The molecule has 0 spiro atoms. The molecule has 0 heterocycles. The molecular formula is C29H34. The molecule has 0 saturated heterocycles. The molecule has 0 heteroatoms. The second kappa shape index (κ2) is 6.87. The van der Waals surface area contributed by atoms with Gasteiger partial charge in [-0.2, -0.15) is 0 Å². The second-order valence-electron chi connectivity index (χ2n) is 9.28. The Labute approximate surface area is 177 Å². The molecule has 2 aliphatic carbocycles. The lowest BCUT2D eigenvalue weighted by atomic mass is 9.75. The smallest absolute Gasteiger partial charge is 0.0167 e. The molecular weight excluding hydrogens is 348 g/mol. The lowest BCUT2D eigenvalue weighted by Gasteiger charge is -2.28. The molecule has 0 aliphatic heterocycles. The molecule has 150 valence electrons. The topological polar surface area (TPSA) is 0 Å². The van der Waals surface area contributed by atoms with Gasteiger partial charge in [-0.25, -0.2) is 0 Å². The van der Waals surface area contributed by atoms with Crippen LogP contribution in [0.4, 0.5) is 0 Å². The molecule has 0 saturated carbocycles.